The zero-order valence-electron chi connectivity index (χ0n) is 15.5. The van der Waals surface area contributed by atoms with Gasteiger partial charge in [-0.15, -0.1) is 11.8 Å². The summed E-state index contributed by atoms with van der Waals surface area (Å²) in [6, 6.07) is 15.0. The molecule has 2 aromatic rings. The molecule has 1 saturated heterocycles. The first-order valence-electron chi connectivity index (χ1n) is 9.13. The topological polar surface area (TPSA) is 56.8 Å². The molecular weight excluding hydrogens is 362 g/mol. The molecule has 1 aliphatic heterocycles. The minimum Gasteiger partial charge on any atom is -0.491 e. The number of carbonyl (C=O) groups is 1. The van der Waals surface area contributed by atoms with Gasteiger partial charge in [-0.1, -0.05) is 12.1 Å². The lowest BCUT2D eigenvalue weighted by molar-refractivity contribution is 0.102. The summed E-state index contributed by atoms with van der Waals surface area (Å²) in [6.07, 6.45) is 2.51. The van der Waals surface area contributed by atoms with Gasteiger partial charge in [0.05, 0.1) is 18.3 Å². The fourth-order valence-electron chi connectivity index (χ4n) is 2.81. The van der Waals surface area contributed by atoms with Crippen LogP contribution >= 0.6 is 11.8 Å². The van der Waals surface area contributed by atoms with E-state index in [1.165, 1.54) is 0 Å². The van der Waals surface area contributed by atoms with Crippen LogP contribution in [0.15, 0.2) is 53.4 Å². The molecule has 6 heteroatoms. The van der Waals surface area contributed by atoms with Gasteiger partial charge in [-0.25, -0.2) is 0 Å². The third-order valence-corrected chi connectivity index (χ3v) is 5.45. The molecule has 0 bridgehead atoms. The third-order valence-electron chi connectivity index (χ3n) is 4.25. The minimum absolute atomic E-state index is 0.113. The highest BCUT2D eigenvalue weighted by atomic mass is 32.2. The van der Waals surface area contributed by atoms with Crippen molar-refractivity contribution in [1.82, 2.24) is 0 Å². The van der Waals surface area contributed by atoms with Crippen molar-refractivity contribution in [2.45, 2.75) is 23.8 Å². The van der Waals surface area contributed by atoms with Gasteiger partial charge in [0, 0.05) is 30.1 Å². The highest BCUT2D eigenvalue weighted by molar-refractivity contribution is 7.99. The fraction of sp³-hybridized carbons (Fsp3) is 0.381. The van der Waals surface area contributed by atoms with Crippen molar-refractivity contribution in [2.75, 3.05) is 38.0 Å². The Labute approximate surface area is 164 Å². The van der Waals surface area contributed by atoms with Crippen molar-refractivity contribution >= 4 is 23.4 Å². The van der Waals surface area contributed by atoms with Gasteiger partial charge in [-0.2, -0.15) is 0 Å². The molecule has 1 atom stereocenters. The average Bonchev–Trinajstić information content (AvgIpc) is 3.22. The number of methoxy groups -OCH3 is 1. The molecular formula is C21H25NO4S. The number of ether oxygens (including phenoxy) is 3. The number of hydrogen-bond acceptors (Lipinski definition) is 5. The molecule has 1 heterocycles. The molecule has 0 aliphatic carbocycles. The van der Waals surface area contributed by atoms with Crippen molar-refractivity contribution in [1.29, 1.82) is 0 Å². The van der Waals surface area contributed by atoms with Gasteiger partial charge in [0.2, 0.25) is 0 Å². The van der Waals surface area contributed by atoms with E-state index in [0.717, 1.165) is 41.5 Å². The molecule has 1 fully saturated rings. The Bertz CT molecular complexity index is 729. The molecule has 0 aromatic heterocycles. The Kier molecular flexibility index (Phi) is 7.56. The lowest BCUT2D eigenvalue weighted by Crippen LogP contribution is -2.14. The van der Waals surface area contributed by atoms with Crippen LogP contribution in [0.25, 0.3) is 0 Å². The Hall–Kier alpha value is -2.02. The predicted molar refractivity (Wildman–Crippen MR) is 108 cm³/mol. The van der Waals surface area contributed by atoms with E-state index in [-0.39, 0.29) is 12.0 Å². The van der Waals surface area contributed by atoms with E-state index in [2.05, 4.69) is 5.32 Å². The van der Waals surface area contributed by atoms with E-state index in [4.69, 9.17) is 14.2 Å². The van der Waals surface area contributed by atoms with Crippen LogP contribution in [-0.2, 0) is 9.47 Å². The molecule has 1 amide bonds. The third kappa shape index (κ3) is 5.99. The van der Waals surface area contributed by atoms with Crippen molar-refractivity contribution in [3.63, 3.8) is 0 Å². The molecule has 0 radical (unpaired) electrons. The van der Waals surface area contributed by atoms with Gasteiger partial charge in [0.15, 0.2) is 0 Å². The Balaban J connectivity index is 1.58. The molecule has 27 heavy (non-hydrogen) atoms. The normalized spacial score (nSPS) is 16.3. The fourth-order valence-corrected chi connectivity index (χ4v) is 3.93. The van der Waals surface area contributed by atoms with Crippen molar-refractivity contribution in [3.05, 3.63) is 54.1 Å². The maximum absolute atomic E-state index is 12.7. The summed E-state index contributed by atoms with van der Waals surface area (Å²) in [5, 5.41) is 2.96. The van der Waals surface area contributed by atoms with Crippen molar-refractivity contribution in [3.8, 4) is 5.75 Å². The number of hydrogen-bond donors (Lipinski definition) is 1. The van der Waals surface area contributed by atoms with E-state index in [9.17, 15) is 4.79 Å². The van der Waals surface area contributed by atoms with E-state index in [0.29, 0.717) is 18.8 Å². The van der Waals surface area contributed by atoms with Crippen molar-refractivity contribution < 1.29 is 19.0 Å². The van der Waals surface area contributed by atoms with Crippen LogP contribution in [0.5, 0.6) is 5.75 Å². The highest BCUT2D eigenvalue weighted by Gasteiger charge is 2.18. The SMILES string of the molecule is COCCOc1ccc(NC(=O)c2ccccc2SCC2CCCO2)cc1. The number of amides is 1. The van der Waals surface area contributed by atoms with Crippen LogP contribution in [0.3, 0.4) is 0 Å². The van der Waals surface area contributed by atoms with Crippen LogP contribution < -0.4 is 10.1 Å². The van der Waals surface area contributed by atoms with Gasteiger partial charge in [-0.3, -0.25) is 4.79 Å². The molecule has 5 nitrogen and oxygen atoms in total. The monoisotopic (exact) mass is 387 g/mol. The number of nitrogens with one attached hydrogen (secondary N) is 1. The molecule has 3 rings (SSSR count). The largest absolute Gasteiger partial charge is 0.491 e. The highest BCUT2D eigenvalue weighted by Crippen LogP contribution is 2.27. The zero-order chi connectivity index (χ0) is 18.9. The van der Waals surface area contributed by atoms with Crippen LogP contribution in [-0.4, -0.2) is 44.7 Å². The summed E-state index contributed by atoms with van der Waals surface area (Å²) >= 11 is 1.68. The van der Waals surface area contributed by atoms with E-state index in [1.54, 1.807) is 18.9 Å². The first-order valence-corrected chi connectivity index (χ1v) is 10.1. The summed E-state index contributed by atoms with van der Waals surface area (Å²) in [5.74, 6) is 1.51. The number of thioether (sulfide) groups is 1. The lowest BCUT2D eigenvalue weighted by atomic mass is 10.2. The first-order chi connectivity index (χ1) is 13.3. The van der Waals surface area contributed by atoms with Crippen LogP contribution in [0.1, 0.15) is 23.2 Å². The van der Waals surface area contributed by atoms with Gasteiger partial charge in [0.1, 0.15) is 12.4 Å². The Morgan fingerprint density at radius 1 is 1.19 bits per heavy atom. The minimum atomic E-state index is -0.113. The molecule has 144 valence electrons. The summed E-state index contributed by atoms with van der Waals surface area (Å²) in [6.45, 7) is 1.88. The summed E-state index contributed by atoms with van der Waals surface area (Å²) in [4.78, 5) is 13.7. The van der Waals surface area contributed by atoms with Gasteiger partial charge < -0.3 is 19.5 Å². The Morgan fingerprint density at radius 3 is 2.74 bits per heavy atom. The maximum atomic E-state index is 12.7. The summed E-state index contributed by atoms with van der Waals surface area (Å²) in [7, 11) is 1.64. The lowest BCUT2D eigenvalue weighted by Gasteiger charge is -2.13. The van der Waals surface area contributed by atoms with Crippen LogP contribution in [0.2, 0.25) is 0 Å². The molecule has 2 aromatic carbocycles. The smallest absolute Gasteiger partial charge is 0.256 e. The summed E-state index contributed by atoms with van der Waals surface area (Å²) < 4.78 is 16.2. The maximum Gasteiger partial charge on any atom is 0.256 e. The molecule has 1 aliphatic rings. The first kappa shape index (κ1) is 19.7. The number of benzene rings is 2. The van der Waals surface area contributed by atoms with Gasteiger partial charge in [0.25, 0.3) is 5.91 Å². The zero-order valence-corrected chi connectivity index (χ0v) is 16.3. The second-order valence-corrected chi connectivity index (χ2v) is 7.32. The van der Waals surface area contributed by atoms with E-state index in [1.807, 2.05) is 48.5 Å². The van der Waals surface area contributed by atoms with Crippen LogP contribution in [0, 0.1) is 0 Å². The Morgan fingerprint density at radius 2 is 2.00 bits per heavy atom. The summed E-state index contributed by atoms with van der Waals surface area (Å²) in [5.41, 5.74) is 1.42. The second-order valence-electron chi connectivity index (χ2n) is 6.26. The van der Waals surface area contributed by atoms with E-state index >= 15 is 0 Å². The number of anilines is 1. The van der Waals surface area contributed by atoms with Crippen LogP contribution in [0.4, 0.5) is 5.69 Å². The molecule has 1 unspecified atom stereocenters. The average molecular weight is 388 g/mol. The predicted octanol–water partition coefficient (Wildman–Crippen LogP) is 4.24. The molecule has 0 spiro atoms. The second kappa shape index (κ2) is 10.3. The van der Waals surface area contributed by atoms with Gasteiger partial charge >= 0.3 is 0 Å². The van der Waals surface area contributed by atoms with Gasteiger partial charge in [-0.05, 0) is 49.2 Å². The van der Waals surface area contributed by atoms with E-state index < -0.39 is 0 Å². The van der Waals surface area contributed by atoms with Crippen molar-refractivity contribution in [2.24, 2.45) is 0 Å². The molecule has 0 saturated carbocycles. The quantitative estimate of drug-likeness (QED) is 0.515. The number of carbonyl (C=O) groups excluding carboxylic acids is 1. The number of rotatable bonds is 9. The standard InChI is InChI=1S/C21H25NO4S/c1-24-13-14-26-17-10-8-16(9-11-17)22-21(23)19-6-2-3-7-20(19)27-15-18-5-4-12-25-18/h2-3,6-11,18H,4-5,12-15H2,1H3,(H,22,23). The molecule has 1 N–H and O–H groups in total.